The molecule has 1 amide bonds. The van der Waals surface area contributed by atoms with Crippen molar-refractivity contribution in [2.75, 3.05) is 31.1 Å². The predicted octanol–water partition coefficient (Wildman–Crippen LogP) is 4.49. The summed E-state index contributed by atoms with van der Waals surface area (Å²) < 4.78 is 0.910. The van der Waals surface area contributed by atoms with Crippen LogP contribution >= 0.6 is 27.3 Å². The van der Waals surface area contributed by atoms with Crippen molar-refractivity contribution >= 4 is 44.1 Å². The van der Waals surface area contributed by atoms with Gasteiger partial charge < -0.3 is 9.80 Å². The average Bonchev–Trinajstić information content (AvgIpc) is 3.18. The van der Waals surface area contributed by atoms with Crippen LogP contribution in [0.4, 0.5) is 5.13 Å². The van der Waals surface area contributed by atoms with Crippen LogP contribution in [0.15, 0.2) is 64.6 Å². The summed E-state index contributed by atoms with van der Waals surface area (Å²) >= 11 is 5.00. The van der Waals surface area contributed by atoms with Gasteiger partial charge in [0, 0.05) is 53.4 Å². The second-order valence-corrected chi connectivity index (χ2v) is 8.62. The van der Waals surface area contributed by atoms with E-state index in [-0.39, 0.29) is 11.7 Å². The number of nitrogens with zero attached hydrogens (tertiary/aromatic N) is 3. The van der Waals surface area contributed by atoms with E-state index in [1.54, 1.807) is 47.9 Å². The number of benzene rings is 2. The van der Waals surface area contributed by atoms with Crippen molar-refractivity contribution in [3.63, 3.8) is 0 Å². The fraction of sp³-hybridized carbons (Fsp3) is 0.227. The quantitative estimate of drug-likeness (QED) is 0.528. The van der Waals surface area contributed by atoms with Crippen molar-refractivity contribution in [3.05, 3.63) is 81.3 Å². The standard InChI is InChI=1S/C22H20BrN3O2S/c23-17-8-6-16(7-9-17)20(27)18-4-1-2-5-19(18)21(28)25-11-3-12-26(14-13-25)22-24-10-15-29-22/h1-2,4-10,15H,3,11-14H2. The van der Waals surface area contributed by atoms with Gasteiger partial charge in [0.2, 0.25) is 0 Å². The summed E-state index contributed by atoms with van der Waals surface area (Å²) in [4.78, 5) is 34.8. The molecule has 0 spiro atoms. The minimum atomic E-state index is -0.138. The van der Waals surface area contributed by atoms with Gasteiger partial charge >= 0.3 is 0 Å². The molecule has 1 aliphatic rings. The Bertz CT molecular complexity index is 1010. The summed E-state index contributed by atoms with van der Waals surface area (Å²) in [6.45, 7) is 2.89. The number of thiazole rings is 1. The zero-order chi connectivity index (χ0) is 20.2. The highest BCUT2D eigenvalue weighted by molar-refractivity contribution is 9.10. The molecule has 0 aliphatic carbocycles. The van der Waals surface area contributed by atoms with Crippen LogP contribution in [-0.2, 0) is 0 Å². The summed E-state index contributed by atoms with van der Waals surface area (Å²) in [5.74, 6) is -0.229. The summed E-state index contributed by atoms with van der Waals surface area (Å²) in [6.07, 6.45) is 2.67. The Labute approximate surface area is 182 Å². The fourth-order valence-electron chi connectivity index (χ4n) is 3.48. The van der Waals surface area contributed by atoms with Crippen LogP contribution in [0, 0.1) is 0 Å². The molecular weight excluding hydrogens is 450 g/mol. The molecule has 2 heterocycles. The minimum absolute atomic E-state index is 0.0907. The molecule has 4 rings (SSSR count). The van der Waals surface area contributed by atoms with Crippen molar-refractivity contribution in [1.29, 1.82) is 0 Å². The molecular formula is C22H20BrN3O2S. The number of carbonyl (C=O) groups is 2. The Balaban J connectivity index is 1.55. The zero-order valence-electron chi connectivity index (χ0n) is 15.8. The number of anilines is 1. The molecule has 0 saturated carbocycles. The lowest BCUT2D eigenvalue weighted by Crippen LogP contribution is -2.36. The van der Waals surface area contributed by atoms with E-state index < -0.39 is 0 Å². The van der Waals surface area contributed by atoms with Gasteiger partial charge in [-0.1, -0.05) is 34.1 Å². The number of hydrogen-bond acceptors (Lipinski definition) is 5. The van der Waals surface area contributed by atoms with E-state index in [1.165, 1.54) is 0 Å². The van der Waals surface area contributed by atoms with Gasteiger partial charge in [-0.3, -0.25) is 9.59 Å². The lowest BCUT2D eigenvalue weighted by molar-refractivity contribution is 0.0762. The summed E-state index contributed by atoms with van der Waals surface area (Å²) in [5, 5.41) is 2.96. The van der Waals surface area contributed by atoms with E-state index in [1.807, 2.05) is 28.5 Å². The van der Waals surface area contributed by atoms with Crippen molar-refractivity contribution in [3.8, 4) is 0 Å². The molecule has 0 radical (unpaired) electrons. The molecule has 1 fully saturated rings. The number of rotatable bonds is 4. The van der Waals surface area contributed by atoms with E-state index in [2.05, 4.69) is 25.8 Å². The van der Waals surface area contributed by atoms with E-state index in [9.17, 15) is 9.59 Å². The van der Waals surface area contributed by atoms with Crippen LogP contribution in [0.25, 0.3) is 0 Å². The number of halogens is 1. The first-order chi connectivity index (χ1) is 14.1. The summed E-state index contributed by atoms with van der Waals surface area (Å²) in [6, 6.07) is 14.3. The van der Waals surface area contributed by atoms with E-state index in [0.717, 1.165) is 29.1 Å². The highest BCUT2D eigenvalue weighted by atomic mass is 79.9. The van der Waals surface area contributed by atoms with Gasteiger partial charge in [0.15, 0.2) is 10.9 Å². The Kier molecular flexibility index (Phi) is 6.06. The highest BCUT2D eigenvalue weighted by Gasteiger charge is 2.25. The van der Waals surface area contributed by atoms with Crippen molar-refractivity contribution in [2.24, 2.45) is 0 Å². The molecule has 3 aromatic rings. The molecule has 0 N–H and O–H groups in total. The Morgan fingerprint density at radius 2 is 1.69 bits per heavy atom. The van der Waals surface area contributed by atoms with Crippen molar-refractivity contribution in [2.45, 2.75) is 6.42 Å². The third kappa shape index (κ3) is 4.41. The maximum Gasteiger partial charge on any atom is 0.254 e. The van der Waals surface area contributed by atoms with Crippen LogP contribution in [-0.4, -0.2) is 47.8 Å². The van der Waals surface area contributed by atoms with Gasteiger partial charge in [-0.15, -0.1) is 11.3 Å². The van der Waals surface area contributed by atoms with Crippen molar-refractivity contribution in [1.82, 2.24) is 9.88 Å². The highest BCUT2D eigenvalue weighted by Crippen LogP contribution is 2.22. The predicted molar refractivity (Wildman–Crippen MR) is 119 cm³/mol. The molecule has 148 valence electrons. The van der Waals surface area contributed by atoms with Crippen LogP contribution in [0.1, 0.15) is 32.7 Å². The average molecular weight is 470 g/mol. The summed E-state index contributed by atoms with van der Waals surface area (Å²) in [7, 11) is 0. The van der Waals surface area contributed by atoms with E-state index in [4.69, 9.17) is 0 Å². The Morgan fingerprint density at radius 1 is 0.931 bits per heavy atom. The normalized spacial score (nSPS) is 14.5. The second-order valence-electron chi connectivity index (χ2n) is 6.83. The monoisotopic (exact) mass is 469 g/mol. The van der Waals surface area contributed by atoms with E-state index >= 15 is 0 Å². The van der Waals surface area contributed by atoms with Crippen LogP contribution in [0.2, 0.25) is 0 Å². The molecule has 1 aliphatic heterocycles. The van der Waals surface area contributed by atoms with Gasteiger partial charge in [0.1, 0.15) is 0 Å². The van der Waals surface area contributed by atoms with Gasteiger partial charge in [-0.05, 0) is 36.8 Å². The van der Waals surface area contributed by atoms with Gasteiger partial charge in [-0.25, -0.2) is 4.98 Å². The maximum atomic E-state index is 13.3. The molecule has 0 unspecified atom stereocenters. The first-order valence-corrected chi connectivity index (χ1v) is 11.1. The lowest BCUT2D eigenvalue weighted by atomic mass is 9.97. The number of aromatic nitrogens is 1. The number of hydrogen-bond donors (Lipinski definition) is 0. The Morgan fingerprint density at radius 3 is 2.41 bits per heavy atom. The third-order valence-corrected chi connectivity index (χ3v) is 6.34. The lowest BCUT2D eigenvalue weighted by Gasteiger charge is -2.22. The summed E-state index contributed by atoms with van der Waals surface area (Å²) in [5.41, 5.74) is 1.48. The van der Waals surface area contributed by atoms with Crippen molar-refractivity contribution < 1.29 is 9.59 Å². The van der Waals surface area contributed by atoms with Crippen LogP contribution < -0.4 is 4.90 Å². The van der Waals surface area contributed by atoms with Gasteiger partial charge in [0.05, 0.1) is 5.56 Å². The number of carbonyl (C=O) groups excluding carboxylic acids is 2. The molecule has 2 aromatic carbocycles. The molecule has 5 nitrogen and oxygen atoms in total. The van der Waals surface area contributed by atoms with Crippen LogP contribution in [0.3, 0.4) is 0 Å². The fourth-order valence-corrected chi connectivity index (χ4v) is 4.44. The largest absolute Gasteiger partial charge is 0.346 e. The van der Waals surface area contributed by atoms with Gasteiger partial charge in [-0.2, -0.15) is 0 Å². The Hall–Kier alpha value is -2.51. The molecule has 7 heteroatoms. The smallest absolute Gasteiger partial charge is 0.254 e. The van der Waals surface area contributed by atoms with Crippen LogP contribution in [0.5, 0.6) is 0 Å². The molecule has 0 atom stereocenters. The molecule has 29 heavy (non-hydrogen) atoms. The second kappa shape index (κ2) is 8.88. The SMILES string of the molecule is O=C(c1ccc(Br)cc1)c1ccccc1C(=O)N1CCCN(c2nccs2)CC1. The topological polar surface area (TPSA) is 53.5 Å². The molecule has 1 aromatic heterocycles. The first kappa shape index (κ1) is 19.8. The molecule has 0 bridgehead atoms. The van der Waals surface area contributed by atoms with E-state index in [0.29, 0.717) is 29.8 Å². The zero-order valence-corrected chi connectivity index (χ0v) is 18.2. The third-order valence-electron chi connectivity index (χ3n) is 4.98. The minimum Gasteiger partial charge on any atom is -0.346 e. The number of ketones is 1. The maximum absolute atomic E-state index is 13.3. The van der Waals surface area contributed by atoms with Gasteiger partial charge in [0.25, 0.3) is 5.91 Å². The number of amides is 1. The first-order valence-electron chi connectivity index (χ1n) is 9.46. The molecule has 1 saturated heterocycles.